The van der Waals surface area contributed by atoms with Crippen LogP contribution in [0, 0.1) is 22.6 Å². The van der Waals surface area contributed by atoms with Crippen LogP contribution in [0.5, 0.6) is 0 Å². The Kier molecular flexibility index (Phi) is 6.43. The van der Waals surface area contributed by atoms with Gasteiger partial charge in [-0.3, -0.25) is 9.99 Å². The Labute approximate surface area is 225 Å². The van der Waals surface area contributed by atoms with Crippen LogP contribution in [-0.2, 0) is 6.18 Å². The second-order valence-corrected chi connectivity index (χ2v) is 10.9. The lowest BCUT2D eigenvalue weighted by molar-refractivity contribution is -0.136. The van der Waals surface area contributed by atoms with E-state index in [4.69, 9.17) is 0 Å². The number of nitriles is 1. The minimum absolute atomic E-state index is 0.0255. The molecule has 1 fully saturated rings. The maximum atomic E-state index is 14.4. The lowest BCUT2D eigenvalue weighted by atomic mass is 9.96. The van der Waals surface area contributed by atoms with Gasteiger partial charge in [-0.05, 0) is 48.1 Å². The predicted molar refractivity (Wildman–Crippen MR) is 141 cm³/mol. The molecule has 1 aliphatic carbocycles. The largest absolute Gasteiger partial charge is 0.418 e. The monoisotopic (exact) mass is 540 g/mol. The number of rotatable bonds is 7. The summed E-state index contributed by atoms with van der Waals surface area (Å²) in [6, 6.07) is 8.00. The highest BCUT2D eigenvalue weighted by Gasteiger charge is 2.36. The molecule has 7 nitrogen and oxygen atoms in total. The van der Waals surface area contributed by atoms with E-state index in [1.165, 1.54) is 30.3 Å². The molecule has 0 radical (unpaired) electrons. The number of fused-ring (bicyclic) bond motifs is 1. The molecular weight excluding hydrogens is 510 g/mol. The summed E-state index contributed by atoms with van der Waals surface area (Å²) in [5.41, 5.74) is 5.30. The van der Waals surface area contributed by atoms with Crippen LogP contribution < -0.4 is 21.6 Å². The topological polar surface area (TPSA) is 88.0 Å². The zero-order valence-corrected chi connectivity index (χ0v) is 21.7. The van der Waals surface area contributed by atoms with Gasteiger partial charge in [0.05, 0.1) is 35.4 Å². The molecule has 0 unspecified atom stereocenters. The number of hydrazine groups is 2. The van der Waals surface area contributed by atoms with Crippen molar-refractivity contribution in [3.05, 3.63) is 77.0 Å². The minimum atomic E-state index is -4.77. The van der Waals surface area contributed by atoms with E-state index in [-0.39, 0.29) is 39.3 Å². The van der Waals surface area contributed by atoms with Gasteiger partial charge < -0.3 is 16.1 Å². The normalized spacial score (nSPS) is 17.6. The number of nitrogens with zero attached hydrogens (tertiary/aromatic N) is 3. The van der Waals surface area contributed by atoms with Crippen molar-refractivity contribution in [2.75, 3.05) is 17.2 Å². The van der Waals surface area contributed by atoms with Gasteiger partial charge in [-0.2, -0.15) is 18.4 Å². The third-order valence-electron chi connectivity index (χ3n) is 6.39. The van der Waals surface area contributed by atoms with Crippen LogP contribution in [-0.4, -0.2) is 22.6 Å². The standard InChI is InChI=1S/C28H29F4N7/c1-27(2,3)15-35-24-17(12-33)13-34-26-21(24)10-19(11-22(26)28(30,31)32)36-25(16-4-6-18(29)7-5-16)23-14-39(38-37-23)20-8-9-20/h4-7,10-11,13-14,20,25,36-38H,8-9,15H2,1-3H3,(H,34,35)/t25-/m1/s1/i25D. The van der Waals surface area contributed by atoms with Crippen molar-refractivity contribution in [1.29, 1.82) is 5.26 Å². The summed E-state index contributed by atoms with van der Waals surface area (Å²) in [7, 11) is 0. The molecule has 204 valence electrons. The van der Waals surface area contributed by atoms with E-state index in [1.807, 2.05) is 31.8 Å². The average Bonchev–Trinajstić information content (AvgIpc) is 3.61. The molecule has 2 heterocycles. The number of halogens is 4. The molecule has 5 rings (SSSR count). The minimum Gasteiger partial charge on any atom is -0.383 e. The van der Waals surface area contributed by atoms with E-state index >= 15 is 0 Å². The summed E-state index contributed by atoms with van der Waals surface area (Å²) >= 11 is 0. The molecule has 2 aliphatic rings. The van der Waals surface area contributed by atoms with Gasteiger partial charge >= 0.3 is 6.18 Å². The van der Waals surface area contributed by atoms with Gasteiger partial charge in [-0.25, -0.2) is 4.39 Å². The Hall–Kier alpha value is -4.04. The first-order valence-corrected chi connectivity index (χ1v) is 12.5. The average molecular weight is 541 g/mol. The maximum Gasteiger partial charge on any atom is 0.418 e. The highest BCUT2D eigenvalue weighted by atomic mass is 19.4. The quantitative estimate of drug-likeness (QED) is 0.265. The first-order chi connectivity index (χ1) is 18.8. The summed E-state index contributed by atoms with van der Waals surface area (Å²) < 4.78 is 66.3. The first kappa shape index (κ1) is 25.2. The summed E-state index contributed by atoms with van der Waals surface area (Å²) in [6.07, 6.45) is -0.0157. The Morgan fingerprint density at radius 2 is 1.92 bits per heavy atom. The molecule has 39 heavy (non-hydrogen) atoms. The summed E-state index contributed by atoms with van der Waals surface area (Å²) in [5.74, 6) is -0.507. The Bertz CT molecular complexity index is 1500. The number of aromatic nitrogens is 1. The van der Waals surface area contributed by atoms with E-state index in [1.54, 1.807) is 6.20 Å². The molecule has 3 aromatic rings. The van der Waals surface area contributed by atoms with Gasteiger partial charge in [0.15, 0.2) is 0 Å². The zero-order chi connectivity index (χ0) is 28.9. The second-order valence-electron chi connectivity index (χ2n) is 10.9. The van der Waals surface area contributed by atoms with E-state index in [9.17, 15) is 24.2 Å². The van der Waals surface area contributed by atoms with E-state index in [0.29, 0.717) is 17.8 Å². The summed E-state index contributed by atoms with van der Waals surface area (Å²) in [6.45, 7) is 6.27. The Morgan fingerprint density at radius 3 is 2.54 bits per heavy atom. The van der Waals surface area contributed by atoms with Gasteiger partial charge in [0.25, 0.3) is 0 Å². The molecule has 0 spiro atoms. The van der Waals surface area contributed by atoms with Crippen molar-refractivity contribution < 1.29 is 18.9 Å². The zero-order valence-electron chi connectivity index (χ0n) is 22.7. The van der Waals surface area contributed by atoms with E-state index in [2.05, 4.69) is 26.6 Å². The fourth-order valence-corrected chi connectivity index (χ4v) is 4.28. The molecule has 11 heteroatoms. The van der Waals surface area contributed by atoms with Crippen molar-refractivity contribution in [3.63, 3.8) is 0 Å². The second kappa shape index (κ2) is 9.93. The summed E-state index contributed by atoms with van der Waals surface area (Å²) in [4.78, 5) is 4.00. The Balaban J connectivity index is 1.67. The van der Waals surface area contributed by atoms with Crippen LogP contribution in [0.2, 0.25) is 0 Å². The summed E-state index contributed by atoms with van der Waals surface area (Å²) in [5, 5.41) is 17.7. The highest BCUT2D eigenvalue weighted by Crippen LogP contribution is 2.41. The number of nitrogens with one attached hydrogen (secondary N) is 4. The van der Waals surface area contributed by atoms with Crippen LogP contribution in [0.25, 0.3) is 10.9 Å². The van der Waals surface area contributed by atoms with Crippen molar-refractivity contribution in [1.82, 2.24) is 21.0 Å². The fourth-order valence-electron chi connectivity index (χ4n) is 4.28. The molecule has 0 saturated heterocycles. The van der Waals surface area contributed by atoms with Crippen LogP contribution in [0.15, 0.2) is 54.5 Å². The number of benzene rings is 2. The SMILES string of the molecule is [2H][C@](Nc1cc(C(F)(F)F)c2ncc(C#N)c(NCC(C)(C)C)c2c1)(C1=CN(C2CC2)NN1)c1ccc(F)cc1. The van der Waals surface area contributed by atoms with Gasteiger partial charge in [0.2, 0.25) is 0 Å². The predicted octanol–water partition coefficient (Wildman–Crippen LogP) is 6.20. The molecule has 0 amide bonds. The lowest BCUT2D eigenvalue weighted by Gasteiger charge is -2.24. The molecule has 0 bridgehead atoms. The van der Waals surface area contributed by atoms with Crippen LogP contribution >= 0.6 is 0 Å². The van der Waals surface area contributed by atoms with Gasteiger partial charge in [0.1, 0.15) is 11.9 Å². The molecule has 4 N–H and O–H groups in total. The smallest absolute Gasteiger partial charge is 0.383 e. The molecule has 2 aromatic carbocycles. The van der Waals surface area contributed by atoms with E-state index < -0.39 is 23.6 Å². The van der Waals surface area contributed by atoms with Gasteiger partial charge in [-0.15, -0.1) is 5.53 Å². The van der Waals surface area contributed by atoms with Gasteiger partial charge in [-0.1, -0.05) is 32.9 Å². The number of hydrogen-bond acceptors (Lipinski definition) is 7. The van der Waals surface area contributed by atoms with E-state index in [0.717, 1.165) is 25.1 Å². The maximum absolute atomic E-state index is 14.4. The molecule has 1 aromatic heterocycles. The molecule has 1 saturated carbocycles. The van der Waals surface area contributed by atoms with Crippen molar-refractivity contribution >= 4 is 22.3 Å². The van der Waals surface area contributed by atoms with Crippen LogP contribution in [0.4, 0.5) is 28.9 Å². The van der Waals surface area contributed by atoms with Crippen molar-refractivity contribution in [2.45, 2.75) is 51.8 Å². The lowest BCUT2D eigenvalue weighted by Crippen LogP contribution is -2.38. The third kappa shape index (κ3) is 5.86. The van der Waals surface area contributed by atoms with Gasteiger partial charge in [0, 0.05) is 36.1 Å². The molecular formula is C28H29F4N7. The van der Waals surface area contributed by atoms with Crippen molar-refractivity contribution in [3.8, 4) is 6.07 Å². The number of anilines is 2. The number of pyridine rings is 1. The number of hydrogen-bond donors (Lipinski definition) is 4. The first-order valence-electron chi connectivity index (χ1n) is 13.0. The number of alkyl halides is 3. The Morgan fingerprint density at radius 1 is 1.21 bits per heavy atom. The third-order valence-corrected chi connectivity index (χ3v) is 6.39. The van der Waals surface area contributed by atoms with Crippen molar-refractivity contribution in [2.24, 2.45) is 5.41 Å². The molecule has 1 atom stereocenters. The highest BCUT2D eigenvalue weighted by molar-refractivity contribution is 5.98. The van der Waals surface area contributed by atoms with Crippen LogP contribution in [0.3, 0.4) is 0 Å². The molecule has 1 aliphatic heterocycles. The van der Waals surface area contributed by atoms with Crippen LogP contribution in [0.1, 0.15) is 57.7 Å². The fraction of sp³-hybridized carbons (Fsp3) is 0.357.